The van der Waals surface area contributed by atoms with Crippen LogP contribution < -0.4 is 10.1 Å². The second-order valence-corrected chi connectivity index (χ2v) is 7.50. The fraction of sp³-hybridized carbons (Fsp3) is 0.391. The maximum atomic E-state index is 12.5. The van der Waals surface area contributed by atoms with Crippen LogP contribution in [0.5, 0.6) is 5.75 Å². The highest BCUT2D eigenvalue weighted by Gasteiger charge is 2.12. The normalized spacial score (nSPS) is 10.6. The molecule has 2 aromatic rings. The molecule has 0 spiro atoms. The van der Waals surface area contributed by atoms with Crippen LogP contribution in [0.15, 0.2) is 36.4 Å². The van der Waals surface area contributed by atoms with Crippen molar-refractivity contribution in [3.8, 4) is 5.75 Å². The van der Waals surface area contributed by atoms with Crippen LogP contribution in [0.4, 0.5) is 5.69 Å². The molecule has 1 N–H and O–H groups in total. The number of hydrogen-bond donors (Lipinski definition) is 1. The number of benzene rings is 2. The molecule has 0 saturated heterocycles. The van der Waals surface area contributed by atoms with E-state index in [9.17, 15) is 9.59 Å². The summed E-state index contributed by atoms with van der Waals surface area (Å²) >= 11 is 1.52. The van der Waals surface area contributed by atoms with Crippen molar-refractivity contribution in [3.05, 3.63) is 58.7 Å². The number of para-hydroxylation sites is 1. The molecular weight excluding hydrogens is 370 g/mol. The molecule has 4 nitrogen and oxygen atoms in total. The van der Waals surface area contributed by atoms with E-state index in [-0.39, 0.29) is 11.7 Å². The minimum Gasteiger partial charge on any atom is -0.494 e. The number of rotatable bonds is 10. The van der Waals surface area contributed by atoms with Gasteiger partial charge in [-0.1, -0.05) is 32.0 Å². The lowest BCUT2D eigenvalue weighted by molar-refractivity contribution is -0.113. The van der Waals surface area contributed by atoms with Gasteiger partial charge in [0.25, 0.3) is 0 Å². The SMILES string of the molecule is CCOc1ccc(C(C)=O)cc1CSCC(=O)Nc1c(CC)cccc1CC. The van der Waals surface area contributed by atoms with Gasteiger partial charge in [0.15, 0.2) is 5.78 Å². The van der Waals surface area contributed by atoms with Crippen molar-refractivity contribution >= 4 is 29.1 Å². The summed E-state index contributed by atoms with van der Waals surface area (Å²) in [6, 6.07) is 11.6. The van der Waals surface area contributed by atoms with Gasteiger partial charge in [0.2, 0.25) is 5.91 Å². The number of thioether (sulfide) groups is 1. The van der Waals surface area contributed by atoms with Crippen LogP contribution in [0.3, 0.4) is 0 Å². The lowest BCUT2D eigenvalue weighted by Crippen LogP contribution is -2.17. The Balaban J connectivity index is 2.03. The molecule has 0 aliphatic rings. The molecule has 0 unspecified atom stereocenters. The van der Waals surface area contributed by atoms with Crippen molar-refractivity contribution in [1.29, 1.82) is 0 Å². The van der Waals surface area contributed by atoms with E-state index in [4.69, 9.17) is 4.74 Å². The maximum absolute atomic E-state index is 12.5. The van der Waals surface area contributed by atoms with E-state index < -0.39 is 0 Å². The highest BCUT2D eigenvalue weighted by molar-refractivity contribution is 7.99. The first-order chi connectivity index (χ1) is 13.5. The van der Waals surface area contributed by atoms with Gasteiger partial charge in [-0.15, -0.1) is 11.8 Å². The minimum absolute atomic E-state index is 0.0127. The third-order valence-corrected chi connectivity index (χ3v) is 5.50. The Labute approximate surface area is 172 Å². The van der Waals surface area contributed by atoms with Gasteiger partial charge in [0, 0.05) is 22.6 Å². The van der Waals surface area contributed by atoms with Crippen molar-refractivity contribution in [2.75, 3.05) is 17.7 Å². The Bertz CT molecular complexity index is 810. The molecule has 0 radical (unpaired) electrons. The van der Waals surface area contributed by atoms with Gasteiger partial charge in [-0.25, -0.2) is 0 Å². The highest BCUT2D eigenvalue weighted by atomic mass is 32.2. The Hall–Kier alpha value is -2.27. The lowest BCUT2D eigenvalue weighted by atomic mass is 10.0. The van der Waals surface area contributed by atoms with Crippen LogP contribution in [0.25, 0.3) is 0 Å². The fourth-order valence-electron chi connectivity index (χ4n) is 3.04. The third-order valence-electron chi connectivity index (χ3n) is 4.52. The van der Waals surface area contributed by atoms with Gasteiger partial charge in [0.05, 0.1) is 12.4 Å². The number of hydrogen-bond acceptors (Lipinski definition) is 4. The molecule has 2 aromatic carbocycles. The average molecular weight is 400 g/mol. The molecular formula is C23H29NO3S. The second-order valence-electron chi connectivity index (χ2n) is 6.51. The number of carbonyl (C=O) groups excluding carboxylic acids is 2. The van der Waals surface area contributed by atoms with Gasteiger partial charge < -0.3 is 10.1 Å². The average Bonchev–Trinajstić information content (AvgIpc) is 2.69. The van der Waals surface area contributed by atoms with Crippen LogP contribution in [0.1, 0.15) is 54.7 Å². The molecule has 0 saturated carbocycles. The zero-order chi connectivity index (χ0) is 20.5. The van der Waals surface area contributed by atoms with E-state index in [1.807, 2.05) is 25.1 Å². The van der Waals surface area contributed by atoms with Gasteiger partial charge in [-0.2, -0.15) is 0 Å². The summed E-state index contributed by atoms with van der Waals surface area (Å²) in [5.74, 6) is 1.73. The molecule has 1 amide bonds. The van der Waals surface area contributed by atoms with Crippen molar-refractivity contribution in [2.24, 2.45) is 0 Å². The molecule has 150 valence electrons. The summed E-state index contributed by atoms with van der Waals surface area (Å²) in [5, 5.41) is 3.09. The Morgan fingerprint density at radius 3 is 2.25 bits per heavy atom. The number of ketones is 1. The number of ether oxygens (including phenoxy) is 1. The number of carbonyl (C=O) groups is 2. The standard InChI is InChI=1S/C23H29NO3S/c1-5-17-9-8-10-18(6-2)23(17)24-22(26)15-28-14-20-13-19(16(4)25)11-12-21(20)27-7-3/h8-13H,5-7,14-15H2,1-4H3,(H,24,26). The Morgan fingerprint density at radius 1 is 1.00 bits per heavy atom. The van der Waals surface area contributed by atoms with E-state index in [0.717, 1.165) is 41.0 Å². The molecule has 0 heterocycles. The van der Waals surface area contributed by atoms with Gasteiger partial charge in [0.1, 0.15) is 5.75 Å². The molecule has 0 aliphatic carbocycles. The smallest absolute Gasteiger partial charge is 0.234 e. The number of amides is 1. The van der Waals surface area contributed by atoms with Crippen molar-refractivity contribution in [3.63, 3.8) is 0 Å². The van der Waals surface area contributed by atoms with Gasteiger partial charge >= 0.3 is 0 Å². The Morgan fingerprint density at radius 2 is 1.68 bits per heavy atom. The molecule has 2 rings (SSSR count). The number of Topliss-reactive ketones (excluding diaryl/α,β-unsaturated/α-hetero) is 1. The summed E-state index contributed by atoms with van der Waals surface area (Å²) in [5.41, 5.74) is 4.87. The zero-order valence-electron chi connectivity index (χ0n) is 17.1. The number of anilines is 1. The summed E-state index contributed by atoms with van der Waals surface area (Å²) in [7, 11) is 0. The third kappa shape index (κ3) is 5.86. The summed E-state index contributed by atoms with van der Waals surface area (Å²) in [4.78, 5) is 24.2. The lowest BCUT2D eigenvalue weighted by Gasteiger charge is -2.15. The zero-order valence-corrected chi connectivity index (χ0v) is 17.9. The fourth-order valence-corrected chi connectivity index (χ4v) is 3.84. The highest BCUT2D eigenvalue weighted by Crippen LogP contribution is 2.26. The topological polar surface area (TPSA) is 55.4 Å². The van der Waals surface area contributed by atoms with Crippen LogP contribution in [-0.2, 0) is 23.4 Å². The predicted octanol–water partition coefficient (Wildman–Crippen LogP) is 5.28. The first-order valence-electron chi connectivity index (χ1n) is 9.75. The summed E-state index contributed by atoms with van der Waals surface area (Å²) < 4.78 is 5.66. The monoisotopic (exact) mass is 399 g/mol. The van der Waals surface area contributed by atoms with E-state index in [1.165, 1.54) is 11.8 Å². The summed E-state index contributed by atoms with van der Waals surface area (Å²) in [6.07, 6.45) is 1.76. The van der Waals surface area contributed by atoms with E-state index >= 15 is 0 Å². The van der Waals surface area contributed by atoms with Crippen LogP contribution in [0, 0.1) is 0 Å². The van der Waals surface area contributed by atoms with Crippen LogP contribution in [-0.4, -0.2) is 24.1 Å². The maximum Gasteiger partial charge on any atom is 0.234 e. The van der Waals surface area contributed by atoms with E-state index in [1.54, 1.807) is 13.0 Å². The Kier molecular flexibility index (Phi) is 8.58. The van der Waals surface area contributed by atoms with Gasteiger partial charge in [-0.3, -0.25) is 9.59 Å². The predicted molar refractivity (Wildman–Crippen MR) is 118 cm³/mol. The van der Waals surface area contributed by atoms with Crippen molar-refractivity contribution < 1.29 is 14.3 Å². The van der Waals surface area contributed by atoms with Gasteiger partial charge in [-0.05, 0) is 56.0 Å². The number of aryl methyl sites for hydroxylation is 2. The first-order valence-corrected chi connectivity index (χ1v) is 10.9. The largest absolute Gasteiger partial charge is 0.494 e. The molecule has 28 heavy (non-hydrogen) atoms. The van der Waals surface area contributed by atoms with E-state index in [2.05, 4.69) is 31.3 Å². The van der Waals surface area contributed by atoms with Crippen LogP contribution in [0.2, 0.25) is 0 Å². The molecule has 0 aromatic heterocycles. The molecule has 0 fully saturated rings. The van der Waals surface area contributed by atoms with Crippen molar-refractivity contribution in [1.82, 2.24) is 0 Å². The first kappa shape index (κ1) is 22.0. The summed E-state index contributed by atoms with van der Waals surface area (Å²) in [6.45, 7) is 8.23. The quantitative estimate of drug-likeness (QED) is 0.552. The molecule has 0 atom stereocenters. The molecule has 0 aliphatic heterocycles. The molecule has 5 heteroatoms. The minimum atomic E-state index is -0.0127. The molecule has 0 bridgehead atoms. The van der Waals surface area contributed by atoms with E-state index in [0.29, 0.717) is 23.7 Å². The van der Waals surface area contributed by atoms with Crippen molar-refractivity contribution in [2.45, 2.75) is 46.3 Å². The van der Waals surface area contributed by atoms with Crippen LogP contribution >= 0.6 is 11.8 Å². The second kappa shape index (κ2) is 10.9. The number of nitrogens with one attached hydrogen (secondary N) is 1.